The summed E-state index contributed by atoms with van der Waals surface area (Å²) < 4.78 is 0. The summed E-state index contributed by atoms with van der Waals surface area (Å²) in [5.74, 6) is 1.30. The van der Waals surface area contributed by atoms with Gasteiger partial charge in [-0.1, -0.05) is 51.0 Å². The van der Waals surface area contributed by atoms with Crippen LogP contribution in [0.25, 0.3) is 0 Å². The predicted octanol–water partition coefficient (Wildman–Crippen LogP) is 4.00. The van der Waals surface area contributed by atoms with E-state index in [1.807, 2.05) is 0 Å². The molecule has 2 N–H and O–H groups in total. The van der Waals surface area contributed by atoms with E-state index in [0.717, 1.165) is 0 Å². The molecule has 0 aliphatic heterocycles. The topological polar surface area (TPSA) is 26.0 Å². The fourth-order valence-corrected chi connectivity index (χ4v) is 2.71. The highest BCUT2D eigenvalue weighted by molar-refractivity contribution is 5.28. The Morgan fingerprint density at radius 3 is 2.38 bits per heavy atom. The molecule has 0 spiro atoms. The monoisotopic (exact) mass is 217 g/mol. The highest BCUT2D eigenvalue weighted by Gasteiger charge is 2.23. The zero-order valence-corrected chi connectivity index (χ0v) is 10.4. The Bertz CT molecular complexity index is 337. The largest absolute Gasteiger partial charge is 0.324 e. The third kappa shape index (κ3) is 2.46. The first-order valence-corrected chi connectivity index (χ1v) is 6.54. The highest BCUT2D eigenvalue weighted by Crippen LogP contribution is 2.34. The highest BCUT2D eigenvalue weighted by atomic mass is 14.7. The summed E-state index contributed by atoms with van der Waals surface area (Å²) in [6.45, 7) is 4.47. The van der Waals surface area contributed by atoms with Crippen molar-refractivity contribution in [3.63, 3.8) is 0 Å². The molecule has 1 aliphatic rings. The van der Waals surface area contributed by atoms with Gasteiger partial charge in [-0.25, -0.2) is 0 Å². The van der Waals surface area contributed by atoms with Gasteiger partial charge >= 0.3 is 0 Å². The summed E-state index contributed by atoms with van der Waals surface area (Å²) in [6, 6.07) is 9.10. The standard InChI is InChI=1S/C15H23N/c1-11(2)13-8-5-9-14(10-13)15(16)12-6-3-4-7-12/h5,8-12,15H,3-4,6-7,16H2,1-2H3. The van der Waals surface area contributed by atoms with Gasteiger partial charge in [0.15, 0.2) is 0 Å². The molecule has 1 heteroatoms. The maximum atomic E-state index is 6.37. The van der Waals surface area contributed by atoms with E-state index in [9.17, 15) is 0 Å². The molecule has 1 nitrogen and oxygen atoms in total. The zero-order chi connectivity index (χ0) is 11.5. The van der Waals surface area contributed by atoms with Gasteiger partial charge in [0.05, 0.1) is 0 Å². The Hall–Kier alpha value is -0.820. The maximum Gasteiger partial charge on any atom is 0.0323 e. The van der Waals surface area contributed by atoms with Crippen LogP contribution in [0.15, 0.2) is 24.3 Å². The summed E-state index contributed by atoms with van der Waals surface area (Å²) in [5.41, 5.74) is 9.11. The third-order valence-corrected chi connectivity index (χ3v) is 3.87. The fraction of sp³-hybridized carbons (Fsp3) is 0.600. The van der Waals surface area contributed by atoms with E-state index < -0.39 is 0 Å². The molecule has 1 atom stereocenters. The van der Waals surface area contributed by atoms with E-state index in [-0.39, 0.29) is 6.04 Å². The minimum absolute atomic E-state index is 0.251. The quantitative estimate of drug-likeness (QED) is 0.813. The lowest BCUT2D eigenvalue weighted by Gasteiger charge is -2.20. The fourth-order valence-electron chi connectivity index (χ4n) is 2.71. The third-order valence-electron chi connectivity index (χ3n) is 3.87. The summed E-state index contributed by atoms with van der Waals surface area (Å²) >= 11 is 0. The number of hydrogen-bond donors (Lipinski definition) is 1. The molecule has 1 fully saturated rings. The Morgan fingerprint density at radius 2 is 1.75 bits per heavy atom. The second kappa shape index (κ2) is 5.01. The second-order valence-electron chi connectivity index (χ2n) is 5.40. The number of hydrogen-bond acceptors (Lipinski definition) is 1. The van der Waals surface area contributed by atoms with E-state index in [1.54, 1.807) is 0 Å². The van der Waals surface area contributed by atoms with Crippen LogP contribution in [0.2, 0.25) is 0 Å². The zero-order valence-electron chi connectivity index (χ0n) is 10.4. The van der Waals surface area contributed by atoms with Crippen LogP contribution in [0.1, 0.15) is 62.6 Å². The van der Waals surface area contributed by atoms with Crippen molar-refractivity contribution in [3.8, 4) is 0 Å². The summed E-state index contributed by atoms with van der Waals surface area (Å²) in [6.07, 6.45) is 5.35. The Morgan fingerprint density at radius 1 is 1.12 bits per heavy atom. The second-order valence-corrected chi connectivity index (χ2v) is 5.40. The molecule has 0 bridgehead atoms. The lowest BCUT2D eigenvalue weighted by atomic mass is 9.90. The van der Waals surface area contributed by atoms with E-state index in [4.69, 9.17) is 5.73 Å². The van der Waals surface area contributed by atoms with Crippen molar-refractivity contribution < 1.29 is 0 Å². The van der Waals surface area contributed by atoms with Crippen molar-refractivity contribution in [2.24, 2.45) is 11.7 Å². The van der Waals surface area contributed by atoms with Crippen LogP contribution >= 0.6 is 0 Å². The van der Waals surface area contributed by atoms with E-state index in [2.05, 4.69) is 38.1 Å². The average Bonchev–Trinajstić information content (AvgIpc) is 2.81. The van der Waals surface area contributed by atoms with Crippen LogP contribution in [0.3, 0.4) is 0 Å². The van der Waals surface area contributed by atoms with E-state index >= 15 is 0 Å². The van der Waals surface area contributed by atoms with Gasteiger partial charge in [-0.3, -0.25) is 0 Å². The van der Waals surface area contributed by atoms with Crippen LogP contribution in [-0.4, -0.2) is 0 Å². The molecular formula is C15H23N. The molecule has 0 amide bonds. The van der Waals surface area contributed by atoms with Gasteiger partial charge in [0.1, 0.15) is 0 Å². The molecule has 0 radical (unpaired) electrons. The van der Waals surface area contributed by atoms with Crippen LogP contribution in [0, 0.1) is 5.92 Å². The number of nitrogens with two attached hydrogens (primary N) is 1. The SMILES string of the molecule is CC(C)c1cccc(C(N)C2CCCC2)c1. The van der Waals surface area contributed by atoms with Gasteiger partial charge in [0.25, 0.3) is 0 Å². The smallest absolute Gasteiger partial charge is 0.0323 e. The first kappa shape index (κ1) is 11.7. The Labute approximate surface area is 99.0 Å². The lowest BCUT2D eigenvalue weighted by molar-refractivity contribution is 0.444. The number of rotatable bonds is 3. The molecule has 1 aromatic carbocycles. The summed E-state index contributed by atoms with van der Waals surface area (Å²) in [7, 11) is 0. The Kier molecular flexibility index (Phi) is 3.65. The van der Waals surface area contributed by atoms with Gasteiger partial charge in [-0.15, -0.1) is 0 Å². The average molecular weight is 217 g/mol. The molecule has 1 unspecified atom stereocenters. The normalized spacial score (nSPS) is 19.2. The maximum absolute atomic E-state index is 6.37. The van der Waals surface area contributed by atoms with Crippen molar-refractivity contribution in [2.75, 3.05) is 0 Å². The molecular weight excluding hydrogens is 194 g/mol. The van der Waals surface area contributed by atoms with Crippen molar-refractivity contribution in [3.05, 3.63) is 35.4 Å². The molecule has 1 saturated carbocycles. The first-order chi connectivity index (χ1) is 7.68. The molecule has 2 rings (SSSR count). The minimum atomic E-state index is 0.251. The predicted molar refractivity (Wildman–Crippen MR) is 69.4 cm³/mol. The van der Waals surface area contributed by atoms with Crippen molar-refractivity contribution >= 4 is 0 Å². The minimum Gasteiger partial charge on any atom is -0.324 e. The van der Waals surface area contributed by atoms with E-state index in [1.165, 1.54) is 36.8 Å². The van der Waals surface area contributed by atoms with Crippen LogP contribution in [0.5, 0.6) is 0 Å². The van der Waals surface area contributed by atoms with Crippen LogP contribution in [-0.2, 0) is 0 Å². The first-order valence-electron chi connectivity index (χ1n) is 6.54. The molecule has 1 aromatic rings. The number of benzene rings is 1. The molecule has 0 aromatic heterocycles. The molecule has 0 heterocycles. The molecule has 1 aliphatic carbocycles. The van der Waals surface area contributed by atoms with Gasteiger partial charge in [0.2, 0.25) is 0 Å². The Balaban J connectivity index is 2.15. The van der Waals surface area contributed by atoms with Gasteiger partial charge in [-0.05, 0) is 35.8 Å². The van der Waals surface area contributed by atoms with Crippen molar-refractivity contribution in [1.29, 1.82) is 0 Å². The lowest BCUT2D eigenvalue weighted by Crippen LogP contribution is -2.19. The molecule has 88 valence electrons. The van der Waals surface area contributed by atoms with Crippen molar-refractivity contribution in [2.45, 2.75) is 51.5 Å². The van der Waals surface area contributed by atoms with Gasteiger partial charge in [-0.2, -0.15) is 0 Å². The molecule has 0 saturated heterocycles. The van der Waals surface area contributed by atoms with Gasteiger partial charge < -0.3 is 5.73 Å². The van der Waals surface area contributed by atoms with Crippen molar-refractivity contribution in [1.82, 2.24) is 0 Å². The summed E-state index contributed by atoms with van der Waals surface area (Å²) in [5, 5.41) is 0. The molecule has 16 heavy (non-hydrogen) atoms. The van der Waals surface area contributed by atoms with Crippen LogP contribution < -0.4 is 5.73 Å². The summed E-state index contributed by atoms with van der Waals surface area (Å²) in [4.78, 5) is 0. The van der Waals surface area contributed by atoms with Crippen LogP contribution in [0.4, 0.5) is 0 Å². The van der Waals surface area contributed by atoms with E-state index in [0.29, 0.717) is 11.8 Å². The van der Waals surface area contributed by atoms with Gasteiger partial charge in [0, 0.05) is 6.04 Å².